The molecule has 0 rings (SSSR count). The molecule has 0 heterocycles. The van der Waals surface area contributed by atoms with Gasteiger partial charge in [0.05, 0.1) is 13.2 Å². The molecule has 0 radical (unpaired) electrons. The largest absolute Gasteiger partial charge is 0.472 e. The van der Waals surface area contributed by atoms with Gasteiger partial charge in [0.2, 0.25) is 0 Å². The molecule has 9 nitrogen and oxygen atoms in total. The second-order valence-corrected chi connectivity index (χ2v) is 14.5. The van der Waals surface area contributed by atoms with Gasteiger partial charge < -0.3 is 19.7 Å². The van der Waals surface area contributed by atoms with Gasteiger partial charge in [-0.2, -0.15) is 0 Å². The van der Waals surface area contributed by atoms with E-state index in [1.165, 1.54) is 25.7 Å². The first-order valence-corrected chi connectivity index (χ1v) is 22.3. The molecule has 0 fully saturated rings. The summed E-state index contributed by atoms with van der Waals surface area (Å²) in [6, 6.07) is 0. The van der Waals surface area contributed by atoms with Crippen LogP contribution in [0.4, 0.5) is 0 Å². The molecule has 0 saturated carbocycles. The Labute approximate surface area is 340 Å². The third-order valence-corrected chi connectivity index (χ3v) is 8.87. The number of hydrogen-bond acceptors (Lipinski definition) is 8. The minimum Gasteiger partial charge on any atom is -0.462 e. The zero-order chi connectivity index (χ0) is 41.1. The minimum absolute atomic E-state index is 0.0436. The molecule has 0 amide bonds. The van der Waals surface area contributed by atoms with E-state index >= 15 is 0 Å². The van der Waals surface area contributed by atoms with E-state index in [0.29, 0.717) is 19.4 Å². The smallest absolute Gasteiger partial charge is 0.462 e. The van der Waals surface area contributed by atoms with Crippen molar-refractivity contribution >= 4 is 19.8 Å². The Morgan fingerprint density at radius 3 is 1.52 bits per heavy atom. The van der Waals surface area contributed by atoms with E-state index in [0.717, 1.165) is 64.2 Å². The number of rotatable bonds is 37. The molecule has 10 heteroatoms. The van der Waals surface area contributed by atoms with Crippen molar-refractivity contribution in [1.82, 2.24) is 5.32 Å². The molecule has 0 saturated heterocycles. The first kappa shape index (κ1) is 52.7. The lowest BCUT2D eigenvalue weighted by molar-refractivity contribution is -0.161. The van der Waals surface area contributed by atoms with E-state index in [4.69, 9.17) is 18.5 Å². The van der Waals surface area contributed by atoms with Crippen molar-refractivity contribution in [2.45, 2.75) is 136 Å². The fourth-order valence-electron chi connectivity index (χ4n) is 4.76. The molecule has 0 aromatic heterocycles. The second kappa shape index (κ2) is 41.3. The van der Waals surface area contributed by atoms with Crippen molar-refractivity contribution in [1.29, 1.82) is 0 Å². The molecule has 56 heavy (non-hydrogen) atoms. The number of ether oxygens (including phenoxy) is 2. The van der Waals surface area contributed by atoms with Gasteiger partial charge in [-0.25, -0.2) is 4.57 Å². The predicted molar refractivity (Wildman–Crippen MR) is 233 cm³/mol. The number of carbonyl (C=O) groups excluding carboxylic acids is 2. The second-order valence-electron chi connectivity index (χ2n) is 13.1. The molecule has 0 aliphatic carbocycles. The van der Waals surface area contributed by atoms with Gasteiger partial charge in [0.1, 0.15) is 6.61 Å². The number of carbonyl (C=O) groups is 2. The Balaban J connectivity index is 4.48. The highest BCUT2D eigenvalue weighted by Crippen LogP contribution is 2.43. The summed E-state index contributed by atoms with van der Waals surface area (Å²) in [7, 11) is -2.70. The van der Waals surface area contributed by atoms with Crippen LogP contribution in [-0.4, -0.2) is 56.3 Å². The van der Waals surface area contributed by atoms with E-state index in [1.54, 1.807) is 7.05 Å². The summed E-state index contributed by atoms with van der Waals surface area (Å²) >= 11 is 0. The van der Waals surface area contributed by atoms with Crippen LogP contribution in [0, 0.1) is 0 Å². The van der Waals surface area contributed by atoms with Gasteiger partial charge in [-0.05, 0) is 96.9 Å². The predicted octanol–water partition coefficient (Wildman–Crippen LogP) is 11.9. The molecule has 0 bridgehead atoms. The van der Waals surface area contributed by atoms with Crippen molar-refractivity contribution < 1.29 is 37.6 Å². The number of likely N-dealkylation sites (N-methyl/N-ethyl adjacent to an activating group) is 1. The number of esters is 2. The maximum atomic E-state index is 12.6. The third-order valence-electron chi connectivity index (χ3n) is 7.89. The van der Waals surface area contributed by atoms with E-state index in [-0.39, 0.29) is 26.1 Å². The maximum Gasteiger partial charge on any atom is 0.472 e. The Bertz CT molecular complexity index is 1280. The fourth-order valence-corrected chi connectivity index (χ4v) is 5.51. The molecule has 2 N–H and O–H groups in total. The highest BCUT2D eigenvalue weighted by Gasteiger charge is 2.26. The lowest BCUT2D eigenvalue weighted by Gasteiger charge is -2.19. The summed E-state index contributed by atoms with van der Waals surface area (Å²) in [5.74, 6) is -0.966. The standard InChI is InChI=1S/C46H74NO8P/c1-4-6-8-10-12-14-16-18-20-21-22-23-25-27-29-31-33-35-37-39-46(49)55-44(43-54-56(50,51)53-41-40-47-3)42-52-45(48)38-36-34-32-30-28-26-24-19-17-15-13-11-9-7-5-2/h7,9,12-15,18-20,22-24,27-30,33,35,44,47H,4-6,8,10-11,16-17,21,25-26,31-32,34,36-43H2,1-3H3,(H,50,51)/b9-7-,14-12-,15-13-,20-18-,23-22-,24-19-,29-27-,30-28-,35-33-. The summed E-state index contributed by atoms with van der Waals surface area (Å²) in [5, 5.41) is 2.81. The zero-order valence-corrected chi connectivity index (χ0v) is 35.7. The van der Waals surface area contributed by atoms with Gasteiger partial charge in [0.15, 0.2) is 6.10 Å². The van der Waals surface area contributed by atoms with Crippen LogP contribution in [0.1, 0.15) is 129 Å². The normalized spacial score (nSPS) is 14.4. The van der Waals surface area contributed by atoms with Crippen molar-refractivity contribution in [2.75, 3.05) is 33.4 Å². The van der Waals surface area contributed by atoms with Crippen LogP contribution < -0.4 is 5.32 Å². The van der Waals surface area contributed by atoms with Gasteiger partial charge in [0.25, 0.3) is 0 Å². The minimum atomic E-state index is -4.39. The van der Waals surface area contributed by atoms with Crippen LogP contribution in [0.15, 0.2) is 109 Å². The number of phosphoric ester groups is 1. The molecule has 2 atom stereocenters. The van der Waals surface area contributed by atoms with Crippen LogP contribution in [0.25, 0.3) is 0 Å². The zero-order valence-electron chi connectivity index (χ0n) is 34.8. The molecule has 0 aliphatic rings. The average Bonchev–Trinajstić information content (AvgIpc) is 3.18. The molecular formula is C46H74NO8P. The highest BCUT2D eigenvalue weighted by molar-refractivity contribution is 7.47. The summed E-state index contributed by atoms with van der Waals surface area (Å²) in [5.41, 5.74) is 0. The summed E-state index contributed by atoms with van der Waals surface area (Å²) in [6.45, 7) is 3.91. The van der Waals surface area contributed by atoms with Crippen LogP contribution in [0.3, 0.4) is 0 Å². The summed E-state index contributed by atoms with van der Waals surface area (Å²) in [4.78, 5) is 35.0. The molecule has 0 aromatic carbocycles. The van der Waals surface area contributed by atoms with Crippen LogP contribution in [-0.2, 0) is 32.7 Å². The monoisotopic (exact) mass is 800 g/mol. The summed E-state index contributed by atoms with van der Waals surface area (Å²) in [6.07, 6.45) is 53.0. The molecule has 0 spiro atoms. The first-order chi connectivity index (χ1) is 27.3. The number of phosphoric acid groups is 1. The van der Waals surface area contributed by atoms with Gasteiger partial charge in [-0.15, -0.1) is 0 Å². The van der Waals surface area contributed by atoms with Crippen molar-refractivity contribution in [2.24, 2.45) is 0 Å². The number of allylic oxidation sites excluding steroid dienone is 18. The average molecular weight is 800 g/mol. The van der Waals surface area contributed by atoms with E-state index < -0.39 is 32.5 Å². The number of unbranched alkanes of at least 4 members (excludes halogenated alkanes) is 5. The van der Waals surface area contributed by atoms with E-state index in [1.807, 2.05) is 12.2 Å². The Hall–Kier alpha value is -3.33. The van der Waals surface area contributed by atoms with Crippen LogP contribution in [0.2, 0.25) is 0 Å². The Kier molecular flexibility index (Phi) is 38.9. The molecular weight excluding hydrogens is 725 g/mol. The first-order valence-electron chi connectivity index (χ1n) is 20.8. The topological polar surface area (TPSA) is 120 Å². The van der Waals surface area contributed by atoms with Crippen LogP contribution >= 0.6 is 7.82 Å². The lowest BCUT2D eigenvalue weighted by atomic mass is 10.2. The van der Waals surface area contributed by atoms with Gasteiger partial charge in [-0.1, -0.05) is 136 Å². The summed E-state index contributed by atoms with van der Waals surface area (Å²) < 4.78 is 33.0. The third kappa shape index (κ3) is 40.3. The van der Waals surface area contributed by atoms with E-state index in [9.17, 15) is 19.0 Å². The lowest BCUT2D eigenvalue weighted by Crippen LogP contribution is -2.29. The molecule has 0 aliphatic heterocycles. The SMILES string of the molecule is CC/C=C\C/C=C\C/C=C\C/C=C\CCCCC(=O)OCC(COP(=O)(O)OCCNC)OC(=O)CC/C=C\C/C=C\C/C=C\C/C=C\C/C=C\CCCCC. The van der Waals surface area contributed by atoms with Crippen LogP contribution in [0.5, 0.6) is 0 Å². The quantitative estimate of drug-likeness (QED) is 0.0274. The van der Waals surface area contributed by atoms with Crippen molar-refractivity contribution in [3.63, 3.8) is 0 Å². The van der Waals surface area contributed by atoms with Gasteiger partial charge in [-0.3, -0.25) is 18.6 Å². The maximum absolute atomic E-state index is 12.6. The van der Waals surface area contributed by atoms with E-state index in [2.05, 4.69) is 116 Å². The van der Waals surface area contributed by atoms with Gasteiger partial charge >= 0.3 is 19.8 Å². The Morgan fingerprint density at radius 1 is 0.571 bits per heavy atom. The number of nitrogens with one attached hydrogen (secondary N) is 1. The molecule has 0 aromatic rings. The molecule has 316 valence electrons. The van der Waals surface area contributed by atoms with Gasteiger partial charge in [0, 0.05) is 19.4 Å². The molecule has 2 unspecified atom stereocenters. The van der Waals surface area contributed by atoms with Crippen molar-refractivity contribution in [3.8, 4) is 0 Å². The van der Waals surface area contributed by atoms with Crippen molar-refractivity contribution in [3.05, 3.63) is 109 Å². The Morgan fingerprint density at radius 2 is 1.04 bits per heavy atom. The number of hydrogen-bond donors (Lipinski definition) is 2. The fraction of sp³-hybridized carbons (Fsp3) is 0.565. The highest BCUT2D eigenvalue weighted by atomic mass is 31.2.